The Balaban J connectivity index is 1.71. The molecule has 0 saturated carbocycles. The quantitative estimate of drug-likeness (QED) is 0.356. The van der Waals surface area contributed by atoms with Crippen LogP contribution >= 0.6 is 23.2 Å². The van der Waals surface area contributed by atoms with Crippen LogP contribution in [0.2, 0.25) is 10.0 Å². The zero-order valence-electron chi connectivity index (χ0n) is 22.7. The van der Waals surface area contributed by atoms with Crippen molar-refractivity contribution in [2.75, 3.05) is 26.7 Å². The molecule has 0 bridgehead atoms. The molecule has 3 aromatic carbocycles. The van der Waals surface area contributed by atoms with Gasteiger partial charge in [0.25, 0.3) is 0 Å². The SMILES string of the molecule is COc1ccc(C2=CC(c3ccc(Cl)cc3)[C@@H](c3ccc(Cl)cc3)C2C(=O)N2CCNC(=O)C2)c(OC(C)C)c1. The average molecular weight is 580 g/mol. The van der Waals surface area contributed by atoms with E-state index in [9.17, 15) is 9.59 Å². The third kappa shape index (κ3) is 5.84. The Morgan fingerprint density at radius 1 is 0.975 bits per heavy atom. The number of nitrogens with one attached hydrogen (secondary N) is 1. The second-order valence-corrected chi connectivity index (χ2v) is 11.3. The van der Waals surface area contributed by atoms with Crippen LogP contribution in [-0.2, 0) is 9.59 Å². The second-order valence-electron chi connectivity index (χ2n) is 10.4. The lowest BCUT2D eigenvalue weighted by Gasteiger charge is -2.34. The molecule has 3 atom stereocenters. The van der Waals surface area contributed by atoms with Gasteiger partial charge in [0.05, 0.1) is 25.7 Å². The summed E-state index contributed by atoms with van der Waals surface area (Å²) in [5.41, 5.74) is 3.70. The van der Waals surface area contributed by atoms with Crippen LogP contribution in [0.3, 0.4) is 0 Å². The van der Waals surface area contributed by atoms with Crippen molar-refractivity contribution in [3.8, 4) is 11.5 Å². The Labute approximate surface area is 244 Å². The number of benzene rings is 3. The molecule has 40 heavy (non-hydrogen) atoms. The summed E-state index contributed by atoms with van der Waals surface area (Å²) in [4.78, 5) is 28.4. The Bertz CT molecular complexity index is 1420. The van der Waals surface area contributed by atoms with Gasteiger partial charge in [0.2, 0.25) is 11.8 Å². The summed E-state index contributed by atoms with van der Waals surface area (Å²) in [6.07, 6.45) is 2.08. The van der Waals surface area contributed by atoms with Crippen LogP contribution in [0.5, 0.6) is 11.5 Å². The van der Waals surface area contributed by atoms with E-state index in [4.69, 9.17) is 32.7 Å². The number of carbonyl (C=O) groups is 2. The fourth-order valence-corrected chi connectivity index (χ4v) is 5.91. The number of carbonyl (C=O) groups excluding carboxylic acids is 2. The van der Waals surface area contributed by atoms with Crippen LogP contribution in [0.25, 0.3) is 5.57 Å². The van der Waals surface area contributed by atoms with Crippen molar-refractivity contribution < 1.29 is 19.1 Å². The smallest absolute Gasteiger partial charge is 0.239 e. The van der Waals surface area contributed by atoms with Crippen molar-refractivity contribution in [3.63, 3.8) is 0 Å². The van der Waals surface area contributed by atoms with Crippen LogP contribution in [-0.4, -0.2) is 49.6 Å². The summed E-state index contributed by atoms with van der Waals surface area (Å²) < 4.78 is 11.8. The molecule has 8 heteroatoms. The highest BCUT2D eigenvalue weighted by molar-refractivity contribution is 6.30. The van der Waals surface area contributed by atoms with E-state index in [1.165, 1.54) is 0 Å². The highest BCUT2D eigenvalue weighted by Gasteiger charge is 2.46. The predicted octanol–water partition coefficient (Wildman–Crippen LogP) is 6.33. The van der Waals surface area contributed by atoms with E-state index in [1.54, 1.807) is 12.0 Å². The van der Waals surface area contributed by atoms with E-state index >= 15 is 0 Å². The summed E-state index contributed by atoms with van der Waals surface area (Å²) in [6.45, 7) is 4.83. The fourth-order valence-electron chi connectivity index (χ4n) is 5.66. The van der Waals surface area contributed by atoms with Crippen LogP contribution in [0, 0.1) is 5.92 Å². The van der Waals surface area contributed by atoms with Gasteiger partial charge >= 0.3 is 0 Å². The second kappa shape index (κ2) is 11.9. The lowest BCUT2D eigenvalue weighted by Crippen LogP contribution is -2.52. The van der Waals surface area contributed by atoms with E-state index in [0.717, 1.165) is 22.3 Å². The molecule has 6 nitrogen and oxygen atoms in total. The molecule has 1 fully saturated rings. The van der Waals surface area contributed by atoms with Gasteiger partial charge in [0, 0.05) is 46.6 Å². The summed E-state index contributed by atoms with van der Waals surface area (Å²) in [5, 5.41) is 4.09. The molecule has 208 valence electrons. The summed E-state index contributed by atoms with van der Waals surface area (Å²) in [7, 11) is 1.61. The van der Waals surface area contributed by atoms with Crippen molar-refractivity contribution in [3.05, 3.63) is 99.5 Å². The monoisotopic (exact) mass is 578 g/mol. The molecule has 2 aliphatic rings. The van der Waals surface area contributed by atoms with Crippen LogP contribution < -0.4 is 14.8 Å². The number of nitrogens with zero attached hydrogens (tertiary/aromatic N) is 1. The van der Waals surface area contributed by atoms with E-state index in [0.29, 0.717) is 34.6 Å². The van der Waals surface area contributed by atoms with E-state index in [-0.39, 0.29) is 36.3 Å². The van der Waals surface area contributed by atoms with Crippen molar-refractivity contribution in [2.45, 2.75) is 31.8 Å². The molecule has 1 heterocycles. The first kappa shape index (κ1) is 28.1. The van der Waals surface area contributed by atoms with Crippen molar-refractivity contribution in [1.29, 1.82) is 0 Å². The van der Waals surface area contributed by atoms with Crippen molar-refractivity contribution in [1.82, 2.24) is 10.2 Å². The van der Waals surface area contributed by atoms with Gasteiger partial charge in [-0.15, -0.1) is 0 Å². The highest BCUT2D eigenvalue weighted by atomic mass is 35.5. The minimum Gasteiger partial charge on any atom is -0.497 e. The molecule has 0 radical (unpaired) electrons. The molecule has 1 N–H and O–H groups in total. The molecule has 5 rings (SSSR count). The minimum absolute atomic E-state index is 0.0273. The first-order valence-electron chi connectivity index (χ1n) is 13.4. The maximum Gasteiger partial charge on any atom is 0.239 e. The van der Waals surface area contributed by atoms with Crippen molar-refractivity contribution in [2.24, 2.45) is 5.92 Å². The molecule has 1 aliphatic heterocycles. The predicted molar refractivity (Wildman–Crippen MR) is 158 cm³/mol. The number of piperazine rings is 1. The molecular formula is C32H32Cl2N2O4. The number of halogens is 2. The molecule has 0 aromatic heterocycles. The number of methoxy groups -OCH3 is 1. The Morgan fingerprint density at radius 3 is 2.23 bits per heavy atom. The van der Waals surface area contributed by atoms with Crippen LogP contribution in [0.4, 0.5) is 0 Å². The maximum absolute atomic E-state index is 14.5. The minimum atomic E-state index is -0.573. The van der Waals surface area contributed by atoms with Gasteiger partial charge in [-0.05, 0) is 66.9 Å². The van der Waals surface area contributed by atoms with Gasteiger partial charge < -0.3 is 19.7 Å². The third-order valence-corrected chi connectivity index (χ3v) is 7.93. The zero-order chi connectivity index (χ0) is 28.4. The average Bonchev–Trinajstić information content (AvgIpc) is 3.33. The van der Waals surface area contributed by atoms with Crippen LogP contribution in [0.1, 0.15) is 42.4 Å². The first-order valence-corrected chi connectivity index (χ1v) is 14.1. The summed E-state index contributed by atoms with van der Waals surface area (Å²) in [5.74, 6) is 0.0848. The first-order chi connectivity index (χ1) is 19.2. The number of rotatable bonds is 7. The number of ether oxygens (including phenoxy) is 2. The van der Waals surface area contributed by atoms with E-state index in [1.807, 2.05) is 80.6 Å². The number of hydrogen-bond acceptors (Lipinski definition) is 4. The molecule has 1 aliphatic carbocycles. The van der Waals surface area contributed by atoms with Crippen LogP contribution in [0.15, 0.2) is 72.8 Å². The molecule has 2 amide bonds. The Kier molecular flexibility index (Phi) is 8.38. The molecule has 1 saturated heterocycles. The Hall–Kier alpha value is -3.48. The maximum atomic E-state index is 14.5. The standard InChI is InChI=1S/C32H32Cl2N2O4/c1-19(2)40-28-16-24(39-3)12-13-25(28)27-17-26(20-4-8-22(33)9-5-20)30(21-6-10-23(34)11-7-21)31(27)32(38)36-15-14-35-29(37)18-36/h4-13,16-17,19,26,30-31H,14-15,18H2,1-3H3,(H,35,37)/t26?,30-,31?/m1/s1. The number of amides is 2. The fraction of sp³-hybridized carbons (Fsp3) is 0.312. The lowest BCUT2D eigenvalue weighted by atomic mass is 9.76. The largest absolute Gasteiger partial charge is 0.497 e. The van der Waals surface area contributed by atoms with Gasteiger partial charge in [0.15, 0.2) is 0 Å². The number of hydrogen-bond donors (Lipinski definition) is 1. The summed E-state index contributed by atoms with van der Waals surface area (Å²) >= 11 is 12.5. The van der Waals surface area contributed by atoms with Gasteiger partial charge in [-0.25, -0.2) is 0 Å². The van der Waals surface area contributed by atoms with Crippen molar-refractivity contribution >= 4 is 40.6 Å². The molecule has 0 spiro atoms. The normalized spacial score (nSPS) is 20.8. The van der Waals surface area contributed by atoms with Gasteiger partial charge in [-0.3, -0.25) is 9.59 Å². The van der Waals surface area contributed by atoms with Gasteiger partial charge in [-0.1, -0.05) is 53.5 Å². The van der Waals surface area contributed by atoms with E-state index < -0.39 is 5.92 Å². The third-order valence-electron chi connectivity index (χ3n) is 7.43. The zero-order valence-corrected chi connectivity index (χ0v) is 24.2. The highest BCUT2D eigenvalue weighted by Crippen LogP contribution is 2.54. The molecule has 2 unspecified atom stereocenters. The Morgan fingerprint density at radius 2 is 1.62 bits per heavy atom. The summed E-state index contributed by atoms with van der Waals surface area (Å²) in [6, 6.07) is 21.1. The van der Waals surface area contributed by atoms with Gasteiger partial charge in [-0.2, -0.15) is 0 Å². The topological polar surface area (TPSA) is 67.9 Å². The van der Waals surface area contributed by atoms with Gasteiger partial charge in [0.1, 0.15) is 11.5 Å². The molecule has 3 aromatic rings. The van der Waals surface area contributed by atoms with E-state index in [2.05, 4.69) is 11.4 Å². The number of allylic oxidation sites excluding steroid dienone is 1. The lowest BCUT2D eigenvalue weighted by molar-refractivity contribution is -0.140. The molecular weight excluding hydrogens is 547 g/mol.